The normalized spacial score (nSPS) is 14.1. The summed E-state index contributed by atoms with van der Waals surface area (Å²) in [4.78, 5) is 16.8. The van der Waals surface area contributed by atoms with E-state index in [-0.39, 0.29) is 33.7 Å². The van der Waals surface area contributed by atoms with Crippen LogP contribution >= 0.6 is 23.2 Å². The van der Waals surface area contributed by atoms with Crippen molar-refractivity contribution in [2.75, 3.05) is 18.9 Å². The molecule has 14 heteroatoms. The molecule has 1 aliphatic rings. The minimum atomic E-state index is -3.90. The van der Waals surface area contributed by atoms with Gasteiger partial charge in [0.15, 0.2) is 11.5 Å². The number of pyridine rings is 1. The number of aromatic nitrogens is 1. The fraction of sp³-hybridized carbons (Fsp3) is 0.333. The van der Waals surface area contributed by atoms with Crippen molar-refractivity contribution in [1.29, 1.82) is 0 Å². The topological polar surface area (TPSA) is 130 Å². The lowest BCUT2D eigenvalue weighted by Gasteiger charge is -2.21. The maximum atomic E-state index is 13.0. The molecule has 1 atom stereocenters. The van der Waals surface area contributed by atoms with E-state index in [2.05, 4.69) is 14.4 Å². The van der Waals surface area contributed by atoms with E-state index in [0.29, 0.717) is 34.9 Å². The fourth-order valence-electron chi connectivity index (χ4n) is 3.82. The molecule has 3 aromatic rings. The van der Waals surface area contributed by atoms with Crippen molar-refractivity contribution in [3.8, 4) is 11.5 Å². The number of alkyl halides is 2. The lowest BCUT2D eigenvalue weighted by Crippen LogP contribution is -2.32. The summed E-state index contributed by atoms with van der Waals surface area (Å²) in [5, 5.41) is 0.427. The molecule has 0 bridgehead atoms. The van der Waals surface area contributed by atoms with Gasteiger partial charge >= 0.3 is 12.6 Å². The zero-order valence-electron chi connectivity index (χ0n) is 21.6. The van der Waals surface area contributed by atoms with Crippen LogP contribution in [0.1, 0.15) is 35.6 Å². The summed E-state index contributed by atoms with van der Waals surface area (Å²) in [6.45, 7) is -3.43. The molecule has 1 aromatic heterocycles. The molecule has 220 valence electrons. The van der Waals surface area contributed by atoms with Crippen LogP contribution in [0.3, 0.4) is 0 Å². The van der Waals surface area contributed by atoms with Gasteiger partial charge in [0.1, 0.15) is 12.6 Å². The summed E-state index contributed by atoms with van der Waals surface area (Å²) < 4.78 is 69.3. The Morgan fingerprint density at radius 3 is 2.39 bits per heavy atom. The number of nitrogen functional groups attached to an aromatic ring is 1. The number of carbonyl (C=O) groups excluding carboxylic acids is 1. The van der Waals surface area contributed by atoms with E-state index in [1.54, 1.807) is 24.3 Å². The van der Waals surface area contributed by atoms with E-state index < -0.39 is 35.3 Å². The van der Waals surface area contributed by atoms with Crippen molar-refractivity contribution in [1.82, 2.24) is 9.71 Å². The first-order chi connectivity index (χ1) is 19.5. The number of benzene rings is 2. The molecular formula is C27H27Cl2F2N3O6S. The van der Waals surface area contributed by atoms with Crippen LogP contribution in [0.4, 0.5) is 14.5 Å². The maximum absolute atomic E-state index is 13.0. The van der Waals surface area contributed by atoms with Gasteiger partial charge in [-0.25, -0.2) is 13.1 Å². The molecule has 4 rings (SSSR count). The number of rotatable bonds is 14. The van der Waals surface area contributed by atoms with Crippen LogP contribution in [-0.4, -0.2) is 39.1 Å². The number of sulfonamides is 1. The van der Waals surface area contributed by atoms with Crippen LogP contribution in [0.5, 0.6) is 11.5 Å². The third-order valence-electron chi connectivity index (χ3n) is 6.12. The zero-order chi connectivity index (χ0) is 29.6. The van der Waals surface area contributed by atoms with Crippen molar-refractivity contribution in [3.63, 3.8) is 0 Å². The second kappa shape index (κ2) is 13.6. The van der Waals surface area contributed by atoms with Crippen LogP contribution in [0, 0.1) is 5.92 Å². The monoisotopic (exact) mass is 629 g/mol. The number of nitrogens with two attached hydrogens (primary N) is 1. The van der Waals surface area contributed by atoms with Crippen molar-refractivity contribution in [2.45, 2.75) is 37.7 Å². The number of nitrogens with one attached hydrogen (secondary N) is 1. The lowest BCUT2D eigenvalue weighted by molar-refractivity contribution is -0.148. The van der Waals surface area contributed by atoms with E-state index in [1.165, 1.54) is 30.6 Å². The number of hydrogen-bond donors (Lipinski definition) is 2. The van der Waals surface area contributed by atoms with E-state index in [0.717, 1.165) is 12.8 Å². The number of anilines is 1. The van der Waals surface area contributed by atoms with E-state index in [1.807, 2.05) is 0 Å². The van der Waals surface area contributed by atoms with Gasteiger partial charge in [0, 0.05) is 24.5 Å². The summed E-state index contributed by atoms with van der Waals surface area (Å²) in [5.41, 5.74) is 7.37. The minimum absolute atomic E-state index is 0.0266. The minimum Gasteiger partial charge on any atom is -0.489 e. The number of halogens is 4. The zero-order valence-corrected chi connectivity index (χ0v) is 23.9. The molecule has 0 saturated heterocycles. The Labute approximate surface area is 245 Å². The van der Waals surface area contributed by atoms with Crippen molar-refractivity contribution in [3.05, 3.63) is 81.6 Å². The molecule has 3 N–H and O–H groups in total. The molecule has 41 heavy (non-hydrogen) atoms. The quantitative estimate of drug-likeness (QED) is 0.181. The maximum Gasteiger partial charge on any atom is 0.387 e. The smallest absolute Gasteiger partial charge is 0.387 e. The molecule has 9 nitrogen and oxygen atoms in total. The molecule has 1 aliphatic carbocycles. The van der Waals surface area contributed by atoms with Gasteiger partial charge in [0.05, 0.1) is 22.4 Å². The standard InChI is InChI=1S/C27H27Cl2F2N3O6S/c28-21-11-33-12-22(29)20(21)10-24(18-5-8-23(40-27(30)31)25(9-18)38-14-16-1-2-16)39-26(35)13-34-41(36,37)15-17-3-6-19(32)7-4-17/h3-9,11-12,16,24,27,34H,1-2,10,13-15,32H2/t24-/m0/s1. The highest BCUT2D eigenvalue weighted by atomic mass is 35.5. The van der Waals surface area contributed by atoms with Crippen molar-refractivity contribution < 1.29 is 36.2 Å². The second-order valence-electron chi connectivity index (χ2n) is 9.43. The average molecular weight is 630 g/mol. The molecule has 2 aromatic carbocycles. The molecule has 0 spiro atoms. The third-order valence-corrected chi connectivity index (χ3v) is 8.06. The predicted octanol–water partition coefficient (Wildman–Crippen LogP) is 5.31. The number of esters is 1. The van der Waals surface area contributed by atoms with Gasteiger partial charge in [-0.1, -0.05) is 41.4 Å². The van der Waals surface area contributed by atoms with Gasteiger partial charge in [-0.15, -0.1) is 0 Å². The summed E-state index contributed by atoms with van der Waals surface area (Å²) in [6.07, 6.45) is 3.61. The highest BCUT2D eigenvalue weighted by Gasteiger charge is 2.26. The molecular weight excluding hydrogens is 603 g/mol. The van der Waals surface area contributed by atoms with Gasteiger partial charge in [-0.3, -0.25) is 9.78 Å². The van der Waals surface area contributed by atoms with Gasteiger partial charge in [0.25, 0.3) is 0 Å². The summed E-state index contributed by atoms with van der Waals surface area (Å²) in [5.74, 6) is -1.08. The SMILES string of the molecule is Nc1ccc(CS(=O)(=O)NCC(=O)O[C@@H](Cc2c(Cl)cncc2Cl)c2ccc(OC(F)F)c(OCC3CC3)c2)cc1. The largest absolute Gasteiger partial charge is 0.489 e. The number of hydrogen-bond acceptors (Lipinski definition) is 8. The van der Waals surface area contributed by atoms with E-state index >= 15 is 0 Å². The Morgan fingerprint density at radius 2 is 1.76 bits per heavy atom. The molecule has 0 aliphatic heterocycles. The highest BCUT2D eigenvalue weighted by Crippen LogP contribution is 2.37. The van der Waals surface area contributed by atoms with E-state index in [9.17, 15) is 22.0 Å². The number of nitrogens with zero attached hydrogens (tertiary/aromatic N) is 1. The molecule has 0 unspecified atom stereocenters. The average Bonchev–Trinajstić information content (AvgIpc) is 3.74. The Bertz CT molecular complexity index is 1450. The first-order valence-corrected chi connectivity index (χ1v) is 14.9. The van der Waals surface area contributed by atoms with Gasteiger partial charge in [-0.05, 0) is 59.7 Å². The first-order valence-electron chi connectivity index (χ1n) is 12.5. The highest BCUT2D eigenvalue weighted by molar-refractivity contribution is 7.88. The Morgan fingerprint density at radius 1 is 1.07 bits per heavy atom. The molecule has 0 amide bonds. The second-order valence-corrected chi connectivity index (χ2v) is 12.0. The number of ether oxygens (including phenoxy) is 3. The summed E-state index contributed by atoms with van der Waals surface area (Å²) >= 11 is 12.6. The summed E-state index contributed by atoms with van der Waals surface area (Å²) in [6, 6.07) is 10.4. The first kappa shape index (κ1) is 30.8. The van der Waals surface area contributed by atoms with Gasteiger partial charge in [0.2, 0.25) is 10.0 Å². The predicted molar refractivity (Wildman–Crippen MR) is 150 cm³/mol. The van der Waals surface area contributed by atoms with Crippen LogP contribution in [0.25, 0.3) is 0 Å². The van der Waals surface area contributed by atoms with Gasteiger partial charge < -0.3 is 19.9 Å². The Balaban J connectivity index is 1.54. The van der Waals surface area contributed by atoms with Crippen molar-refractivity contribution >= 4 is 44.9 Å². The van der Waals surface area contributed by atoms with Crippen LogP contribution in [0.15, 0.2) is 54.9 Å². The number of carbonyl (C=O) groups is 1. The van der Waals surface area contributed by atoms with Crippen LogP contribution < -0.4 is 19.9 Å². The van der Waals surface area contributed by atoms with Crippen LogP contribution in [-0.2, 0) is 31.7 Å². The Hall–Kier alpha value is -3.19. The molecule has 1 saturated carbocycles. The molecule has 1 heterocycles. The van der Waals surface area contributed by atoms with Crippen molar-refractivity contribution in [2.24, 2.45) is 5.92 Å². The molecule has 1 fully saturated rings. The Kier molecular flexibility index (Phi) is 10.2. The summed E-state index contributed by atoms with van der Waals surface area (Å²) in [7, 11) is -3.90. The van der Waals surface area contributed by atoms with Crippen LogP contribution in [0.2, 0.25) is 10.0 Å². The fourth-order valence-corrected chi connectivity index (χ4v) is 5.41. The molecule has 0 radical (unpaired) electrons. The lowest BCUT2D eigenvalue weighted by atomic mass is 10.0. The third kappa shape index (κ3) is 9.42. The van der Waals surface area contributed by atoms with E-state index in [4.69, 9.17) is 38.4 Å². The van der Waals surface area contributed by atoms with Gasteiger partial charge in [-0.2, -0.15) is 8.78 Å².